The summed E-state index contributed by atoms with van der Waals surface area (Å²) in [6.45, 7) is 6.64. The number of ketones is 2. The first kappa shape index (κ1) is 29.8. The lowest BCUT2D eigenvalue weighted by atomic mass is 9.44. The van der Waals surface area contributed by atoms with Gasteiger partial charge in [-0.3, -0.25) is 9.59 Å². The minimum absolute atomic E-state index is 0.0648. The number of aliphatic hydroxyl groups excluding tert-OH is 1. The van der Waals surface area contributed by atoms with Crippen LogP contribution in [0.3, 0.4) is 0 Å². The number of alkyl halides is 1. The number of nitrogens with zero attached hydrogens (tertiary/aromatic N) is 3. The van der Waals surface area contributed by atoms with Gasteiger partial charge in [-0.2, -0.15) is 0 Å². The maximum Gasteiger partial charge on any atom is 0.190 e. The van der Waals surface area contributed by atoms with Gasteiger partial charge in [0.05, 0.1) is 39.1 Å². The molecule has 10 nitrogen and oxygen atoms in total. The predicted molar refractivity (Wildman–Crippen MR) is 139 cm³/mol. The number of allylic oxidation sites excluding steroid dienone is 4. The van der Waals surface area contributed by atoms with Gasteiger partial charge in [0.15, 0.2) is 17.2 Å². The molecule has 0 saturated heterocycles. The minimum atomic E-state index is -2.01. The fourth-order valence-corrected chi connectivity index (χ4v) is 8.01. The van der Waals surface area contributed by atoms with E-state index in [4.69, 9.17) is 19.7 Å². The van der Waals surface area contributed by atoms with Gasteiger partial charge in [-0.25, -0.2) is 4.39 Å². The van der Waals surface area contributed by atoms with Crippen molar-refractivity contribution in [3.63, 3.8) is 0 Å². The van der Waals surface area contributed by atoms with Crippen molar-refractivity contribution < 1.29 is 38.4 Å². The predicted octanol–water partition coefficient (Wildman–Crippen LogP) is 3.26. The molecule has 2 N–H and O–H groups in total. The molecular formula is C28H40FN3O7. The quantitative estimate of drug-likeness (QED) is 0.164. The molecule has 0 amide bonds. The second-order valence-corrected chi connectivity index (χ2v) is 11.8. The van der Waals surface area contributed by atoms with Crippen LogP contribution in [0.1, 0.15) is 46.5 Å². The molecule has 3 saturated carbocycles. The zero-order valence-corrected chi connectivity index (χ0v) is 23.0. The lowest BCUT2D eigenvalue weighted by Gasteiger charge is -2.62. The van der Waals surface area contributed by atoms with Gasteiger partial charge < -0.3 is 24.4 Å². The molecule has 0 aromatic rings. The summed E-state index contributed by atoms with van der Waals surface area (Å²) >= 11 is 0. The number of Topliss-reactive ketones (excluding diaryl/α,β-unsaturated/α-hetero) is 1. The van der Waals surface area contributed by atoms with Crippen LogP contribution >= 0.6 is 0 Å². The summed E-state index contributed by atoms with van der Waals surface area (Å²) in [5.41, 5.74) is 2.99. The van der Waals surface area contributed by atoms with Gasteiger partial charge in [0, 0.05) is 28.2 Å². The zero-order valence-electron chi connectivity index (χ0n) is 23.0. The minimum Gasteiger partial charge on any atom is -0.390 e. The molecule has 11 heteroatoms. The highest BCUT2D eigenvalue weighted by Crippen LogP contribution is 2.70. The average molecular weight is 550 g/mol. The lowest BCUT2D eigenvalue weighted by Crippen LogP contribution is -2.69. The Hall–Kier alpha value is -2.14. The number of ether oxygens (including phenoxy) is 3. The molecular weight excluding hydrogens is 509 g/mol. The Labute approximate surface area is 228 Å². The van der Waals surface area contributed by atoms with Crippen LogP contribution in [-0.2, 0) is 23.8 Å². The molecule has 8 atom stereocenters. The number of carbonyl (C=O) groups excluding carboxylic acids is 2. The van der Waals surface area contributed by atoms with E-state index in [9.17, 15) is 19.8 Å². The van der Waals surface area contributed by atoms with Crippen molar-refractivity contribution in [2.45, 2.75) is 63.8 Å². The number of carbonyl (C=O) groups is 2. The van der Waals surface area contributed by atoms with Crippen molar-refractivity contribution in [3.05, 3.63) is 34.2 Å². The van der Waals surface area contributed by atoms with E-state index in [1.165, 1.54) is 12.2 Å². The Morgan fingerprint density at radius 1 is 1.18 bits per heavy atom. The van der Waals surface area contributed by atoms with Crippen LogP contribution in [0, 0.1) is 28.6 Å². The summed E-state index contributed by atoms with van der Waals surface area (Å²) in [5.74, 6) is -1.97. The molecule has 0 aromatic heterocycles. The number of azide groups is 1. The molecule has 0 spiro atoms. The second-order valence-electron chi connectivity index (χ2n) is 11.8. The first-order valence-corrected chi connectivity index (χ1v) is 13.8. The molecule has 3 fully saturated rings. The molecule has 0 radical (unpaired) electrons. The normalized spacial score (nSPS) is 40.8. The third-order valence-electron chi connectivity index (χ3n) is 10.0. The molecule has 216 valence electrons. The second kappa shape index (κ2) is 11.4. The van der Waals surface area contributed by atoms with Crippen molar-refractivity contribution in [2.24, 2.45) is 33.7 Å². The highest BCUT2D eigenvalue weighted by molar-refractivity contribution is 6.01. The van der Waals surface area contributed by atoms with Gasteiger partial charge in [0.2, 0.25) is 0 Å². The molecule has 0 aromatic carbocycles. The maximum absolute atomic E-state index is 17.2. The molecule has 4 aliphatic rings. The van der Waals surface area contributed by atoms with Crippen molar-refractivity contribution in [2.75, 3.05) is 46.2 Å². The molecule has 0 aliphatic heterocycles. The smallest absolute Gasteiger partial charge is 0.190 e. The number of hydrogen-bond acceptors (Lipinski definition) is 8. The molecule has 4 rings (SSSR count). The van der Waals surface area contributed by atoms with Gasteiger partial charge in [-0.15, -0.1) is 0 Å². The largest absolute Gasteiger partial charge is 0.390 e. The third-order valence-corrected chi connectivity index (χ3v) is 10.0. The monoisotopic (exact) mass is 549 g/mol. The van der Waals surface area contributed by atoms with Crippen molar-refractivity contribution in [1.29, 1.82) is 0 Å². The first-order chi connectivity index (χ1) is 18.5. The summed E-state index contributed by atoms with van der Waals surface area (Å²) in [6.07, 6.45) is 4.43. The Bertz CT molecular complexity index is 1080. The Balaban J connectivity index is 1.38. The van der Waals surface area contributed by atoms with Gasteiger partial charge in [0.1, 0.15) is 12.2 Å². The van der Waals surface area contributed by atoms with Crippen LogP contribution in [-0.4, -0.2) is 85.3 Å². The van der Waals surface area contributed by atoms with E-state index >= 15 is 4.39 Å². The summed E-state index contributed by atoms with van der Waals surface area (Å²) in [6, 6.07) is 0. The summed E-state index contributed by atoms with van der Waals surface area (Å²) < 4.78 is 33.4. The van der Waals surface area contributed by atoms with E-state index in [0.29, 0.717) is 44.7 Å². The summed E-state index contributed by atoms with van der Waals surface area (Å²) in [5, 5.41) is 26.7. The van der Waals surface area contributed by atoms with E-state index in [1.54, 1.807) is 19.9 Å². The highest BCUT2D eigenvalue weighted by atomic mass is 19.1. The molecule has 0 unspecified atom stereocenters. The van der Waals surface area contributed by atoms with Crippen LogP contribution in [0.25, 0.3) is 10.4 Å². The van der Waals surface area contributed by atoms with E-state index in [2.05, 4.69) is 10.0 Å². The van der Waals surface area contributed by atoms with Crippen molar-refractivity contribution in [3.8, 4) is 0 Å². The number of halogens is 1. The Morgan fingerprint density at radius 3 is 2.54 bits per heavy atom. The Kier molecular flexibility index (Phi) is 8.71. The number of hydrogen-bond donors (Lipinski definition) is 2. The van der Waals surface area contributed by atoms with Gasteiger partial charge in [-0.1, -0.05) is 30.6 Å². The van der Waals surface area contributed by atoms with Gasteiger partial charge in [-0.05, 0) is 62.1 Å². The average Bonchev–Trinajstić information content (AvgIpc) is 3.10. The van der Waals surface area contributed by atoms with Crippen LogP contribution in [0.4, 0.5) is 4.39 Å². The fourth-order valence-electron chi connectivity index (χ4n) is 8.01. The topological polar surface area (TPSA) is 151 Å². The summed E-state index contributed by atoms with van der Waals surface area (Å²) in [7, 11) is 0. The SMILES string of the molecule is C[C@@H]1C[C@H]2[C@@H]3CCC4=CC(=O)C=C[C@]4(C)[C@@]3(F)[C@@H](O)C[C@]2(C)[C@@]1(O)C(=O)COCCOCCOCCN=[N+]=[N-]. The molecule has 39 heavy (non-hydrogen) atoms. The van der Waals surface area contributed by atoms with E-state index in [1.807, 2.05) is 6.92 Å². The third kappa shape index (κ3) is 4.77. The standard InChI is InChI=1S/C28H40FN3O7/c1-18-14-22-21-5-4-19-15-20(33)6-7-25(19,2)27(21,29)23(34)16-26(22,3)28(18,36)24(35)17-39-13-12-38-11-10-37-9-8-31-32-30/h6-7,15,18,21-23,34,36H,4-5,8-14,16-17H2,1-3H3/t18-,21+,22+,23+,25+,26+,27+,28+/m1/s1. The molecule has 4 aliphatic carbocycles. The van der Waals surface area contributed by atoms with E-state index in [-0.39, 0.29) is 44.5 Å². The number of aliphatic hydroxyl groups is 2. The van der Waals surface area contributed by atoms with Gasteiger partial charge in [0.25, 0.3) is 0 Å². The van der Waals surface area contributed by atoms with E-state index in [0.717, 1.165) is 0 Å². The number of fused-ring (bicyclic) bond motifs is 5. The zero-order chi connectivity index (χ0) is 28.5. The van der Waals surface area contributed by atoms with E-state index < -0.39 is 45.8 Å². The van der Waals surface area contributed by atoms with Crippen LogP contribution in [0.2, 0.25) is 0 Å². The maximum atomic E-state index is 17.2. The Morgan fingerprint density at radius 2 is 1.85 bits per heavy atom. The van der Waals surface area contributed by atoms with Crippen LogP contribution in [0.5, 0.6) is 0 Å². The number of rotatable bonds is 12. The van der Waals surface area contributed by atoms with Crippen LogP contribution in [0.15, 0.2) is 28.9 Å². The molecule has 0 heterocycles. The van der Waals surface area contributed by atoms with Gasteiger partial charge >= 0.3 is 0 Å². The lowest BCUT2D eigenvalue weighted by molar-refractivity contribution is -0.220. The molecule has 0 bridgehead atoms. The van der Waals surface area contributed by atoms with Crippen molar-refractivity contribution >= 4 is 11.6 Å². The fraction of sp³-hybridized carbons (Fsp3) is 0.786. The van der Waals surface area contributed by atoms with Crippen molar-refractivity contribution in [1.82, 2.24) is 0 Å². The first-order valence-electron chi connectivity index (χ1n) is 13.8. The highest BCUT2D eigenvalue weighted by Gasteiger charge is 2.75. The summed E-state index contributed by atoms with van der Waals surface area (Å²) in [4.78, 5) is 28.1. The van der Waals surface area contributed by atoms with Crippen LogP contribution < -0.4 is 0 Å².